The maximum Gasteiger partial charge on any atom is 0.330 e. The van der Waals surface area contributed by atoms with Gasteiger partial charge in [0.05, 0.1) is 0 Å². The van der Waals surface area contributed by atoms with Gasteiger partial charge in [0.1, 0.15) is 6.10 Å². The molecule has 0 fully saturated rings. The number of hydrogen-bond acceptors (Lipinski definition) is 2. The molecule has 0 aromatic carbocycles. The molecule has 2 nitrogen and oxygen atoms in total. The molecule has 1 atom stereocenters. The molecule has 0 saturated carbocycles. The Morgan fingerprint density at radius 1 is 1.83 bits per heavy atom. The molecule has 0 aromatic rings. The smallest absolute Gasteiger partial charge is 0.330 e. The largest absolute Gasteiger partial charge is 0.455 e. The topological polar surface area (TPSA) is 26.3 Å². The van der Waals surface area contributed by atoms with Gasteiger partial charge in [0, 0.05) is 6.08 Å². The summed E-state index contributed by atoms with van der Waals surface area (Å²) >= 11 is 0. The highest BCUT2D eigenvalue weighted by molar-refractivity contribution is 5.81. The zero-order chi connectivity index (χ0) is 8.97. The molecule has 0 unspecified atom stereocenters. The summed E-state index contributed by atoms with van der Waals surface area (Å²) in [5.41, 5.74) is 1.16. The molecule has 0 aromatic heterocycles. The first-order valence-electron chi connectivity index (χ1n) is 4.23. The van der Waals surface area contributed by atoms with Crippen LogP contribution in [0, 0.1) is 0 Å². The summed E-state index contributed by atoms with van der Waals surface area (Å²) in [7, 11) is 0. The van der Waals surface area contributed by atoms with Crippen molar-refractivity contribution in [1.29, 1.82) is 0 Å². The average Bonchev–Trinajstić information content (AvgIpc) is 2.09. The van der Waals surface area contributed by atoms with Gasteiger partial charge in [-0.25, -0.2) is 4.79 Å². The first-order chi connectivity index (χ1) is 5.74. The lowest BCUT2D eigenvalue weighted by atomic mass is 9.98. The van der Waals surface area contributed by atoms with Crippen LogP contribution in [-0.4, -0.2) is 12.1 Å². The second-order valence-electron chi connectivity index (χ2n) is 3.01. The van der Waals surface area contributed by atoms with E-state index in [1.165, 1.54) is 6.08 Å². The molecular weight excluding hydrogens is 152 g/mol. The highest BCUT2D eigenvalue weighted by atomic mass is 16.5. The summed E-state index contributed by atoms with van der Waals surface area (Å²) in [5, 5.41) is 0. The summed E-state index contributed by atoms with van der Waals surface area (Å²) in [6.07, 6.45) is 6.48. The fourth-order valence-electron chi connectivity index (χ4n) is 1.33. The van der Waals surface area contributed by atoms with Crippen molar-refractivity contribution in [2.75, 3.05) is 0 Å². The monoisotopic (exact) mass is 166 g/mol. The van der Waals surface area contributed by atoms with Crippen molar-refractivity contribution in [3.8, 4) is 0 Å². The van der Waals surface area contributed by atoms with Crippen molar-refractivity contribution in [1.82, 2.24) is 0 Å². The van der Waals surface area contributed by atoms with Crippen molar-refractivity contribution in [2.24, 2.45) is 0 Å². The van der Waals surface area contributed by atoms with Gasteiger partial charge in [0.25, 0.3) is 0 Å². The van der Waals surface area contributed by atoms with Crippen LogP contribution in [0.3, 0.4) is 0 Å². The molecule has 66 valence electrons. The number of carbonyl (C=O) groups excluding carboxylic acids is 1. The normalized spacial score (nSPS) is 22.8. The summed E-state index contributed by atoms with van der Waals surface area (Å²) in [6.45, 7) is 5.36. The molecule has 0 spiro atoms. The van der Waals surface area contributed by atoms with Crippen LogP contribution < -0.4 is 0 Å². The van der Waals surface area contributed by atoms with Crippen LogP contribution in [0.1, 0.15) is 26.2 Å². The first kappa shape index (κ1) is 9.04. The van der Waals surface area contributed by atoms with Crippen LogP contribution in [0.5, 0.6) is 0 Å². The van der Waals surface area contributed by atoms with Crippen LogP contribution in [0.25, 0.3) is 0 Å². The van der Waals surface area contributed by atoms with E-state index in [0.29, 0.717) is 0 Å². The molecule has 1 rings (SSSR count). The number of ether oxygens (including phenoxy) is 1. The Morgan fingerprint density at radius 3 is 3.17 bits per heavy atom. The molecule has 0 aliphatic heterocycles. The third-order valence-corrected chi connectivity index (χ3v) is 2.07. The number of hydrogen-bond donors (Lipinski definition) is 0. The van der Waals surface area contributed by atoms with Crippen LogP contribution in [0.15, 0.2) is 24.3 Å². The Bertz CT molecular complexity index is 216. The fraction of sp³-hybridized carbons (Fsp3) is 0.500. The average molecular weight is 166 g/mol. The molecule has 1 aliphatic carbocycles. The number of carbonyl (C=O) groups is 1. The van der Waals surface area contributed by atoms with Crippen LogP contribution in [0.4, 0.5) is 0 Å². The summed E-state index contributed by atoms with van der Waals surface area (Å²) in [5.74, 6) is -0.324. The number of esters is 1. The molecular formula is C10H14O2. The molecule has 0 N–H and O–H groups in total. The van der Waals surface area contributed by atoms with Crippen LogP contribution in [-0.2, 0) is 9.53 Å². The summed E-state index contributed by atoms with van der Waals surface area (Å²) < 4.78 is 5.13. The van der Waals surface area contributed by atoms with E-state index in [1.54, 1.807) is 0 Å². The zero-order valence-corrected chi connectivity index (χ0v) is 7.38. The molecule has 0 amide bonds. The van der Waals surface area contributed by atoms with Gasteiger partial charge in [-0.15, -0.1) is 0 Å². The molecule has 0 heterocycles. The van der Waals surface area contributed by atoms with Gasteiger partial charge in [0.15, 0.2) is 0 Å². The van der Waals surface area contributed by atoms with Crippen molar-refractivity contribution in [3.05, 3.63) is 24.3 Å². The minimum Gasteiger partial charge on any atom is -0.455 e. The van der Waals surface area contributed by atoms with Crippen molar-refractivity contribution >= 4 is 5.97 Å². The molecule has 0 radical (unpaired) electrons. The van der Waals surface area contributed by atoms with E-state index >= 15 is 0 Å². The summed E-state index contributed by atoms with van der Waals surface area (Å²) in [4.78, 5) is 10.9. The van der Waals surface area contributed by atoms with Gasteiger partial charge in [0.2, 0.25) is 0 Å². The standard InChI is InChI=1S/C10H14O2/c1-3-10(11)12-9-7-5-4-6-8(9)2/h3,6,9H,1,4-5,7H2,2H3/t9-/m1/s1. The highest BCUT2D eigenvalue weighted by Gasteiger charge is 2.16. The van der Waals surface area contributed by atoms with Crippen LogP contribution >= 0.6 is 0 Å². The summed E-state index contributed by atoms with van der Waals surface area (Å²) in [6, 6.07) is 0. The Hall–Kier alpha value is -1.05. The Labute approximate surface area is 72.9 Å². The highest BCUT2D eigenvalue weighted by Crippen LogP contribution is 2.20. The van der Waals surface area contributed by atoms with E-state index in [2.05, 4.69) is 12.7 Å². The van der Waals surface area contributed by atoms with Crippen LogP contribution in [0.2, 0.25) is 0 Å². The van der Waals surface area contributed by atoms with Gasteiger partial charge in [-0.1, -0.05) is 12.7 Å². The van der Waals surface area contributed by atoms with E-state index < -0.39 is 0 Å². The van der Waals surface area contributed by atoms with E-state index in [-0.39, 0.29) is 12.1 Å². The minimum atomic E-state index is -0.324. The first-order valence-corrected chi connectivity index (χ1v) is 4.23. The molecule has 12 heavy (non-hydrogen) atoms. The van der Waals surface area contributed by atoms with Gasteiger partial charge >= 0.3 is 5.97 Å². The molecule has 0 saturated heterocycles. The van der Waals surface area contributed by atoms with E-state index in [4.69, 9.17) is 4.74 Å². The van der Waals surface area contributed by atoms with Gasteiger partial charge in [-0.3, -0.25) is 0 Å². The van der Waals surface area contributed by atoms with Crippen molar-refractivity contribution in [3.63, 3.8) is 0 Å². The Morgan fingerprint density at radius 2 is 2.58 bits per heavy atom. The van der Waals surface area contributed by atoms with Gasteiger partial charge < -0.3 is 4.74 Å². The van der Waals surface area contributed by atoms with Gasteiger partial charge in [-0.2, -0.15) is 0 Å². The maximum atomic E-state index is 10.9. The predicted octanol–water partition coefficient (Wildman–Crippen LogP) is 2.21. The molecule has 0 bridgehead atoms. The lowest BCUT2D eigenvalue weighted by Gasteiger charge is -2.21. The minimum absolute atomic E-state index is 0.00995. The number of rotatable bonds is 2. The fourth-order valence-corrected chi connectivity index (χ4v) is 1.33. The zero-order valence-electron chi connectivity index (χ0n) is 7.38. The third kappa shape index (κ3) is 2.22. The lowest BCUT2D eigenvalue weighted by molar-refractivity contribution is -0.141. The van der Waals surface area contributed by atoms with E-state index in [9.17, 15) is 4.79 Å². The van der Waals surface area contributed by atoms with Crippen molar-refractivity contribution < 1.29 is 9.53 Å². The molecule has 2 heteroatoms. The van der Waals surface area contributed by atoms with E-state index in [1.807, 2.05) is 6.92 Å². The SMILES string of the molecule is C=CC(=O)O[C@@H]1CCCC=C1C. The van der Waals surface area contributed by atoms with E-state index in [0.717, 1.165) is 24.8 Å². The predicted molar refractivity (Wildman–Crippen MR) is 47.7 cm³/mol. The third-order valence-electron chi connectivity index (χ3n) is 2.07. The second kappa shape index (κ2) is 4.10. The lowest BCUT2D eigenvalue weighted by Crippen LogP contribution is -2.20. The van der Waals surface area contributed by atoms with Gasteiger partial charge in [-0.05, 0) is 31.8 Å². The maximum absolute atomic E-state index is 10.9. The quantitative estimate of drug-likeness (QED) is 0.357. The molecule has 1 aliphatic rings. The van der Waals surface area contributed by atoms with Crippen molar-refractivity contribution in [2.45, 2.75) is 32.3 Å². The Kier molecular flexibility index (Phi) is 3.09. The second-order valence-corrected chi connectivity index (χ2v) is 3.01. The Balaban J connectivity index is 2.51. The number of allylic oxidation sites excluding steroid dienone is 1.